The van der Waals surface area contributed by atoms with Gasteiger partial charge in [-0.15, -0.1) is 0 Å². The smallest absolute Gasteiger partial charge is 0.129 e. The molecule has 0 amide bonds. The fraction of sp³-hybridized carbons (Fsp3) is 0.0526. The summed E-state index contributed by atoms with van der Waals surface area (Å²) in [6.07, 6.45) is 3.25. The van der Waals surface area contributed by atoms with Crippen molar-refractivity contribution < 1.29 is 0 Å². The second-order valence-corrected chi connectivity index (χ2v) is 6.81. The Morgan fingerprint density at radius 2 is 1.67 bits per heavy atom. The summed E-state index contributed by atoms with van der Waals surface area (Å²) in [5.74, 6) is 0. The summed E-state index contributed by atoms with van der Waals surface area (Å²) in [6, 6.07) is 16.9. The van der Waals surface area contributed by atoms with Crippen LogP contribution >= 0.6 is 35.0 Å². The molecule has 0 aliphatic heterocycles. The van der Waals surface area contributed by atoms with E-state index in [0.29, 0.717) is 10.0 Å². The molecule has 0 heterocycles. The van der Waals surface area contributed by atoms with Crippen LogP contribution in [0.1, 0.15) is 11.1 Å². The fourth-order valence-electron chi connectivity index (χ4n) is 1.84. The Morgan fingerprint density at radius 1 is 1.00 bits per heavy atom. The van der Waals surface area contributed by atoms with Gasteiger partial charge in [-0.3, -0.25) is 0 Å². The number of hydrogen-bond donors (Lipinski definition) is 0. The number of thioether (sulfide) groups is 1. The third-order valence-electron chi connectivity index (χ3n) is 3.09. The Kier molecular flexibility index (Phi) is 6.53. The van der Waals surface area contributed by atoms with Gasteiger partial charge in [0.15, 0.2) is 0 Å². The molecule has 2 nitrogen and oxygen atoms in total. The topological polar surface area (TPSA) is 47.6 Å². The molecule has 0 spiro atoms. The Labute approximate surface area is 155 Å². The van der Waals surface area contributed by atoms with Crippen molar-refractivity contribution in [1.29, 1.82) is 10.5 Å². The van der Waals surface area contributed by atoms with E-state index in [4.69, 9.17) is 33.7 Å². The van der Waals surface area contributed by atoms with Crippen LogP contribution in [0.25, 0.3) is 4.91 Å². The van der Waals surface area contributed by atoms with Crippen molar-refractivity contribution in [3.63, 3.8) is 0 Å². The van der Waals surface area contributed by atoms with Gasteiger partial charge in [0.25, 0.3) is 0 Å². The molecular formula is C19H12Cl2N2S. The van der Waals surface area contributed by atoms with E-state index in [2.05, 4.69) is 0 Å². The molecule has 118 valence electrons. The predicted octanol–water partition coefficient (Wildman–Crippen LogP) is 6.41. The monoisotopic (exact) mass is 370 g/mol. The highest BCUT2D eigenvalue weighted by atomic mass is 35.5. The number of rotatable bonds is 4. The predicted molar refractivity (Wildman–Crippen MR) is 101 cm³/mol. The number of allylic oxidation sites excluding steroid dienone is 3. The molecule has 0 N–H and O–H groups in total. The standard InChI is InChI=1S/C19H12Cl2N2S/c1-13-2-5-15(6-3-13)18(9-4-14(11-22)12-23)24-19-10-16(20)7-8-17(19)21/h2-10H,1H3. The average molecular weight is 371 g/mol. The van der Waals surface area contributed by atoms with Crippen LogP contribution in [0.5, 0.6) is 0 Å². The summed E-state index contributed by atoms with van der Waals surface area (Å²) in [5.41, 5.74) is 2.15. The van der Waals surface area contributed by atoms with Gasteiger partial charge in [-0.1, -0.05) is 64.8 Å². The fourth-order valence-corrected chi connectivity index (χ4v) is 3.29. The Hall–Kier alpha value is -2.17. The minimum absolute atomic E-state index is 0.0393. The van der Waals surface area contributed by atoms with Crippen LogP contribution in [0.3, 0.4) is 0 Å². The summed E-state index contributed by atoms with van der Waals surface area (Å²) in [6.45, 7) is 2.01. The van der Waals surface area contributed by atoms with E-state index >= 15 is 0 Å². The molecule has 24 heavy (non-hydrogen) atoms. The maximum absolute atomic E-state index is 8.90. The van der Waals surface area contributed by atoms with Crippen molar-refractivity contribution >= 4 is 39.9 Å². The van der Waals surface area contributed by atoms with Crippen molar-refractivity contribution in [2.45, 2.75) is 11.8 Å². The van der Waals surface area contributed by atoms with Gasteiger partial charge in [0.1, 0.15) is 17.7 Å². The highest BCUT2D eigenvalue weighted by molar-refractivity contribution is 8.08. The molecule has 0 radical (unpaired) electrons. The first-order valence-corrected chi connectivity index (χ1v) is 8.53. The number of nitrogens with zero attached hydrogens (tertiary/aromatic N) is 2. The zero-order valence-electron chi connectivity index (χ0n) is 12.8. The van der Waals surface area contributed by atoms with E-state index in [-0.39, 0.29) is 5.57 Å². The Bertz CT molecular complexity index is 869. The lowest BCUT2D eigenvalue weighted by molar-refractivity contribution is 1.45. The molecule has 0 bridgehead atoms. The Balaban J connectivity index is 2.47. The molecule has 0 atom stereocenters. The summed E-state index contributed by atoms with van der Waals surface area (Å²) in [7, 11) is 0. The molecule has 2 aromatic carbocycles. The highest BCUT2D eigenvalue weighted by Gasteiger charge is 2.08. The lowest BCUT2D eigenvalue weighted by Gasteiger charge is -2.09. The number of benzene rings is 2. The first-order valence-electron chi connectivity index (χ1n) is 6.95. The second-order valence-electron chi connectivity index (χ2n) is 4.88. The Morgan fingerprint density at radius 3 is 2.29 bits per heavy atom. The maximum Gasteiger partial charge on any atom is 0.129 e. The van der Waals surface area contributed by atoms with E-state index in [9.17, 15) is 0 Å². The summed E-state index contributed by atoms with van der Waals surface area (Å²) in [4.78, 5) is 1.67. The lowest BCUT2D eigenvalue weighted by Crippen LogP contribution is -1.83. The van der Waals surface area contributed by atoms with Gasteiger partial charge in [-0.25, -0.2) is 0 Å². The van der Waals surface area contributed by atoms with Gasteiger partial charge >= 0.3 is 0 Å². The molecule has 0 unspecified atom stereocenters. The van der Waals surface area contributed by atoms with E-state index in [0.717, 1.165) is 20.9 Å². The van der Waals surface area contributed by atoms with Crippen molar-refractivity contribution in [3.8, 4) is 12.1 Å². The van der Waals surface area contributed by atoms with Gasteiger partial charge in [0.2, 0.25) is 0 Å². The highest BCUT2D eigenvalue weighted by Crippen LogP contribution is 2.39. The van der Waals surface area contributed by atoms with E-state index < -0.39 is 0 Å². The van der Waals surface area contributed by atoms with Crippen molar-refractivity contribution in [2.75, 3.05) is 0 Å². The van der Waals surface area contributed by atoms with Gasteiger partial charge in [-0.05, 0) is 42.8 Å². The van der Waals surface area contributed by atoms with Crippen LogP contribution in [0.15, 0.2) is 65.1 Å². The van der Waals surface area contributed by atoms with Crippen LogP contribution in [0.4, 0.5) is 0 Å². The minimum Gasteiger partial charge on any atom is -0.192 e. The molecular weight excluding hydrogens is 359 g/mol. The van der Waals surface area contributed by atoms with Gasteiger partial charge in [0.05, 0.1) is 5.02 Å². The van der Waals surface area contributed by atoms with E-state index in [1.807, 2.05) is 43.3 Å². The van der Waals surface area contributed by atoms with Crippen LogP contribution in [-0.2, 0) is 0 Å². The van der Waals surface area contributed by atoms with Crippen LogP contribution < -0.4 is 0 Å². The number of hydrogen-bond acceptors (Lipinski definition) is 3. The molecule has 2 aromatic rings. The van der Waals surface area contributed by atoms with Crippen LogP contribution in [-0.4, -0.2) is 0 Å². The molecule has 0 fully saturated rings. The van der Waals surface area contributed by atoms with E-state index in [1.54, 1.807) is 24.3 Å². The average Bonchev–Trinajstić information content (AvgIpc) is 2.58. The first-order chi connectivity index (χ1) is 11.5. The maximum atomic E-state index is 8.90. The normalized spacial score (nSPS) is 10.6. The zero-order chi connectivity index (χ0) is 17.5. The van der Waals surface area contributed by atoms with Crippen molar-refractivity contribution in [1.82, 2.24) is 0 Å². The van der Waals surface area contributed by atoms with Gasteiger partial charge < -0.3 is 0 Å². The molecule has 0 saturated heterocycles. The SMILES string of the molecule is Cc1ccc(C(=CC=C(C#N)C#N)Sc2cc(Cl)ccc2Cl)cc1. The molecule has 0 aliphatic carbocycles. The number of aryl methyl sites for hydroxylation is 1. The van der Waals surface area contributed by atoms with Crippen LogP contribution in [0, 0.1) is 29.6 Å². The van der Waals surface area contributed by atoms with Gasteiger partial charge in [-0.2, -0.15) is 10.5 Å². The number of nitriles is 2. The summed E-state index contributed by atoms with van der Waals surface area (Å²) in [5, 5.41) is 19.0. The molecule has 0 aliphatic rings. The van der Waals surface area contributed by atoms with Crippen molar-refractivity contribution in [2.24, 2.45) is 0 Å². The molecule has 5 heteroatoms. The largest absolute Gasteiger partial charge is 0.192 e. The van der Waals surface area contributed by atoms with E-state index in [1.165, 1.54) is 17.8 Å². The minimum atomic E-state index is 0.0393. The summed E-state index contributed by atoms with van der Waals surface area (Å²) >= 11 is 13.7. The lowest BCUT2D eigenvalue weighted by atomic mass is 10.1. The zero-order valence-corrected chi connectivity index (χ0v) is 15.1. The molecule has 0 aromatic heterocycles. The van der Waals surface area contributed by atoms with Crippen LogP contribution in [0.2, 0.25) is 10.0 Å². The van der Waals surface area contributed by atoms with Crippen molar-refractivity contribution in [3.05, 3.63) is 81.4 Å². The quantitative estimate of drug-likeness (QED) is 0.354. The molecule has 2 rings (SSSR count). The first kappa shape index (κ1) is 18.2. The third-order valence-corrected chi connectivity index (χ3v) is 4.92. The number of halogens is 2. The second kappa shape index (κ2) is 8.62. The van der Waals surface area contributed by atoms with Gasteiger partial charge in [0, 0.05) is 14.8 Å². The molecule has 0 saturated carbocycles. The third kappa shape index (κ3) is 4.91. The summed E-state index contributed by atoms with van der Waals surface area (Å²) < 4.78 is 0.